The summed E-state index contributed by atoms with van der Waals surface area (Å²) in [4.78, 5) is 26.6. The van der Waals surface area contributed by atoms with Gasteiger partial charge in [-0.15, -0.1) is 0 Å². The summed E-state index contributed by atoms with van der Waals surface area (Å²) in [5, 5.41) is 3.08. The summed E-state index contributed by atoms with van der Waals surface area (Å²) in [5.41, 5.74) is 2.36. The molecular weight excluding hydrogens is 340 g/mol. The number of hydrogen-bond acceptors (Lipinski definition) is 3. The summed E-state index contributed by atoms with van der Waals surface area (Å²) in [7, 11) is 0. The van der Waals surface area contributed by atoms with Gasteiger partial charge in [0.25, 0.3) is 0 Å². The van der Waals surface area contributed by atoms with E-state index in [1.165, 1.54) is 5.56 Å². The largest absolute Gasteiger partial charge is 0.444 e. The molecule has 0 radical (unpaired) electrons. The van der Waals surface area contributed by atoms with Crippen LogP contribution in [-0.2, 0) is 14.9 Å². The van der Waals surface area contributed by atoms with E-state index >= 15 is 0 Å². The number of fused-ring (bicyclic) bond motifs is 1. The molecule has 2 amide bonds. The number of likely N-dealkylation sites (tertiary alicyclic amines) is 1. The Morgan fingerprint density at radius 3 is 2.44 bits per heavy atom. The molecule has 148 valence electrons. The molecular formula is C22H32N2O3. The standard InChI is InChI=1S/C22H32N2O3/c1-14(2)22(6)17-8-7-16(13-18(17)23-19(22)25)15-9-11-24(12-10-15)20(26)27-21(3,4)5/h7-8,13-15H,9-12H2,1-6H3,(H,23,25). The van der Waals surface area contributed by atoms with E-state index < -0.39 is 11.0 Å². The van der Waals surface area contributed by atoms with E-state index in [0.29, 0.717) is 19.0 Å². The molecule has 5 heteroatoms. The molecule has 0 bridgehead atoms. The molecule has 1 saturated heterocycles. The molecule has 2 heterocycles. The Labute approximate surface area is 162 Å². The van der Waals surface area contributed by atoms with Gasteiger partial charge in [-0.2, -0.15) is 0 Å². The lowest BCUT2D eigenvalue weighted by Gasteiger charge is -2.34. The van der Waals surface area contributed by atoms with Crippen molar-refractivity contribution in [3.05, 3.63) is 29.3 Å². The second-order valence-corrected chi connectivity index (χ2v) is 9.36. The number of anilines is 1. The van der Waals surface area contributed by atoms with Crippen molar-refractivity contribution in [2.45, 2.75) is 71.3 Å². The Kier molecular flexibility index (Phi) is 5.00. The van der Waals surface area contributed by atoms with Gasteiger partial charge in [-0.1, -0.05) is 26.0 Å². The number of carbonyl (C=O) groups excluding carboxylic acids is 2. The molecule has 1 aromatic carbocycles. The molecule has 2 aliphatic heterocycles. The highest BCUT2D eigenvalue weighted by atomic mass is 16.6. The van der Waals surface area contributed by atoms with Crippen LogP contribution in [0.3, 0.4) is 0 Å². The molecule has 1 fully saturated rings. The molecule has 1 unspecified atom stereocenters. The van der Waals surface area contributed by atoms with Crippen LogP contribution in [0.25, 0.3) is 0 Å². The number of hydrogen-bond donors (Lipinski definition) is 1. The maximum atomic E-state index is 12.5. The highest BCUT2D eigenvalue weighted by molar-refractivity contribution is 6.06. The summed E-state index contributed by atoms with van der Waals surface area (Å²) in [6.07, 6.45) is 1.59. The third-order valence-corrected chi connectivity index (χ3v) is 6.10. The van der Waals surface area contributed by atoms with Crippen LogP contribution in [0.15, 0.2) is 18.2 Å². The van der Waals surface area contributed by atoms with E-state index in [1.54, 1.807) is 4.90 Å². The first-order chi connectivity index (χ1) is 12.5. The van der Waals surface area contributed by atoms with Gasteiger partial charge >= 0.3 is 6.09 Å². The molecule has 27 heavy (non-hydrogen) atoms. The number of nitrogens with zero attached hydrogens (tertiary/aromatic N) is 1. The average Bonchev–Trinajstić information content (AvgIpc) is 2.85. The summed E-state index contributed by atoms with van der Waals surface area (Å²) < 4.78 is 5.48. The lowest BCUT2D eigenvalue weighted by Crippen LogP contribution is -2.41. The predicted octanol–water partition coefficient (Wildman–Crippen LogP) is 4.67. The molecule has 0 aliphatic carbocycles. The lowest BCUT2D eigenvalue weighted by atomic mass is 9.74. The van der Waals surface area contributed by atoms with Crippen molar-refractivity contribution in [1.29, 1.82) is 0 Å². The first kappa shape index (κ1) is 19.7. The quantitative estimate of drug-likeness (QED) is 0.821. The van der Waals surface area contributed by atoms with Crippen LogP contribution in [0.5, 0.6) is 0 Å². The zero-order valence-corrected chi connectivity index (χ0v) is 17.4. The van der Waals surface area contributed by atoms with Crippen molar-refractivity contribution in [2.75, 3.05) is 18.4 Å². The van der Waals surface area contributed by atoms with Gasteiger partial charge in [-0.05, 0) is 69.6 Å². The minimum atomic E-state index is -0.464. The van der Waals surface area contributed by atoms with Gasteiger partial charge in [0.2, 0.25) is 5.91 Å². The average molecular weight is 373 g/mol. The van der Waals surface area contributed by atoms with Gasteiger partial charge in [-0.3, -0.25) is 4.79 Å². The van der Waals surface area contributed by atoms with Crippen LogP contribution < -0.4 is 5.32 Å². The number of amides is 2. The van der Waals surface area contributed by atoms with Crippen molar-refractivity contribution in [3.8, 4) is 0 Å². The Morgan fingerprint density at radius 1 is 1.26 bits per heavy atom. The van der Waals surface area contributed by atoms with Gasteiger partial charge in [0, 0.05) is 18.8 Å². The first-order valence-electron chi connectivity index (χ1n) is 9.96. The number of benzene rings is 1. The molecule has 0 aromatic heterocycles. The molecule has 1 N–H and O–H groups in total. The van der Waals surface area contributed by atoms with Crippen molar-refractivity contribution < 1.29 is 14.3 Å². The number of ether oxygens (including phenoxy) is 1. The molecule has 0 spiro atoms. The van der Waals surface area contributed by atoms with Gasteiger partial charge < -0.3 is 15.0 Å². The fourth-order valence-corrected chi connectivity index (χ4v) is 4.04. The van der Waals surface area contributed by atoms with Crippen molar-refractivity contribution >= 4 is 17.7 Å². The minimum absolute atomic E-state index is 0.0874. The van der Waals surface area contributed by atoms with Crippen LogP contribution >= 0.6 is 0 Å². The Balaban J connectivity index is 1.69. The first-order valence-corrected chi connectivity index (χ1v) is 9.96. The SMILES string of the molecule is CC(C)C1(C)C(=O)Nc2cc(C3CCN(C(=O)OC(C)(C)C)CC3)ccc21. The number of nitrogens with one attached hydrogen (secondary N) is 1. The Morgan fingerprint density at radius 2 is 1.89 bits per heavy atom. The van der Waals surface area contributed by atoms with E-state index in [2.05, 4.69) is 37.4 Å². The molecule has 1 aromatic rings. The minimum Gasteiger partial charge on any atom is -0.444 e. The van der Waals surface area contributed by atoms with Gasteiger partial charge in [0.1, 0.15) is 5.60 Å². The van der Waals surface area contributed by atoms with Crippen LogP contribution in [0.1, 0.15) is 71.4 Å². The van der Waals surface area contributed by atoms with Crippen molar-refractivity contribution in [2.24, 2.45) is 5.92 Å². The molecule has 1 atom stereocenters. The summed E-state index contributed by atoms with van der Waals surface area (Å²) in [6.45, 7) is 13.3. The smallest absolute Gasteiger partial charge is 0.410 e. The van der Waals surface area contributed by atoms with Gasteiger partial charge in [-0.25, -0.2) is 4.79 Å². The number of piperidine rings is 1. The normalized spacial score (nSPS) is 23.4. The van der Waals surface area contributed by atoms with Crippen molar-refractivity contribution in [3.63, 3.8) is 0 Å². The fourth-order valence-electron chi connectivity index (χ4n) is 4.04. The number of rotatable bonds is 2. The summed E-state index contributed by atoms with van der Waals surface area (Å²) >= 11 is 0. The molecule has 5 nitrogen and oxygen atoms in total. The highest BCUT2D eigenvalue weighted by Gasteiger charge is 2.45. The van der Waals surface area contributed by atoms with Crippen LogP contribution in [0, 0.1) is 5.92 Å². The predicted molar refractivity (Wildman–Crippen MR) is 107 cm³/mol. The van der Waals surface area contributed by atoms with E-state index in [1.807, 2.05) is 27.7 Å². The maximum Gasteiger partial charge on any atom is 0.410 e. The van der Waals surface area contributed by atoms with E-state index in [9.17, 15) is 9.59 Å². The van der Waals surface area contributed by atoms with Crippen LogP contribution in [0.2, 0.25) is 0 Å². The molecule has 2 aliphatic rings. The monoisotopic (exact) mass is 372 g/mol. The summed E-state index contributed by atoms with van der Waals surface area (Å²) in [5.74, 6) is 0.725. The molecule has 0 saturated carbocycles. The lowest BCUT2D eigenvalue weighted by molar-refractivity contribution is -0.121. The number of carbonyl (C=O) groups is 2. The Hall–Kier alpha value is -2.04. The van der Waals surface area contributed by atoms with E-state index in [0.717, 1.165) is 24.1 Å². The second kappa shape index (κ2) is 6.84. The maximum absolute atomic E-state index is 12.5. The van der Waals surface area contributed by atoms with Gasteiger partial charge in [0.05, 0.1) is 5.41 Å². The second-order valence-electron chi connectivity index (χ2n) is 9.36. The topological polar surface area (TPSA) is 58.6 Å². The molecule has 3 rings (SSSR count). The zero-order chi connectivity index (χ0) is 20.0. The Bertz CT molecular complexity index is 742. The van der Waals surface area contributed by atoms with Crippen LogP contribution in [-0.4, -0.2) is 35.6 Å². The van der Waals surface area contributed by atoms with E-state index in [-0.39, 0.29) is 17.9 Å². The zero-order valence-electron chi connectivity index (χ0n) is 17.4. The van der Waals surface area contributed by atoms with E-state index in [4.69, 9.17) is 4.74 Å². The fraction of sp³-hybridized carbons (Fsp3) is 0.636. The van der Waals surface area contributed by atoms with Crippen LogP contribution in [0.4, 0.5) is 10.5 Å². The van der Waals surface area contributed by atoms with Crippen molar-refractivity contribution in [1.82, 2.24) is 4.90 Å². The van der Waals surface area contributed by atoms with Gasteiger partial charge in [0.15, 0.2) is 0 Å². The highest BCUT2D eigenvalue weighted by Crippen LogP contribution is 2.44. The summed E-state index contributed by atoms with van der Waals surface area (Å²) in [6, 6.07) is 6.41. The third kappa shape index (κ3) is 3.69. The third-order valence-electron chi connectivity index (χ3n) is 6.10.